The first-order chi connectivity index (χ1) is 11.6. The largest absolute Gasteiger partial charge is 0.283 e. The van der Waals surface area contributed by atoms with Crippen LogP contribution in [0.15, 0.2) is 57.4 Å². The van der Waals surface area contributed by atoms with Gasteiger partial charge in [0.15, 0.2) is 5.84 Å². The predicted molar refractivity (Wildman–Crippen MR) is 99.6 cm³/mol. The van der Waals surface area contributed by atoms with E-state index >= 15 is 0 Å². The summed E-state index contributed by atoms with van der Waals surface area (Å²) in [4.78, 5) is 17.3. The highest BCUT2D eigenvalue weighted by Crippen LogP contribution is 2.31. The van der Waals surface area contributed by atoms with Crippen LogP contribution in [0.2, 0.25) is 0 Å². The highest BCUT2D eigenvalue weighted by molar-refractivity contribution is 8.27. The molecule has 0 atom stereocenters. The lowest BCUT2D eigenvalue weighted by atomic mass is 10.1. The number of benzene rings is 1. The number of nitrogens with zero attached hydrogens (tertiary/aromatic N) is 3. The average molecular weight is 352 g/mol. The number of rotatable bonds is 2. The average Bonchev–Trinajstić information content (AvgIpc) is 3.21. The van der Waals surface area contributed by atoms with Crippen molar-refractivity contribution < 1.29 is 4.79 Å². The van der Waals surface area contributed by atoms with Crippen LogP contribution >= 0.6 is 23.1 Å². The molecule has 2 aliphatic rings. The standard InChI is InChI=1S/C17H12N4OS2/c1-10-4-2-5-11(8-10)16-20-21-14(18)13(9-12-6-3-7-23-12)15(22)19-17(21)24-16/h2-9,18H,1H3/b13-9+,18-14?. The summed E-state index contributed by atoms with van der Waals surface area (Å²) in [6.45, 7) is 2.02. The molecule has 0 aliphatic carbocycles. The van der Waals surface area contributed by atoms with Crippen molar-refractivity contribution in [3.8, 4) is 0 Å². The third kappa shape index (κ3) is 2.61. The Hall–Kier alpha value is -2.51. The molecule has 2 aromatic rings. The van der Waals surface area contributed by atoms with Crippen molar-refractivity contribution in [3.63, 3.8) is 0 Å². The van der Waals surface area contributed by atoms with E-state index < -0.39 is 5.91 Å². The highest BCUT2D eigenvalue weighted by atomic mass is 32.2. The molecule has 4 rings (SSSR count). The van der Waals surface area contributed by atoms with E-state index in [1.807, 2.05) is 48.7 Å². The van der Waals surface area contributed by atoms with Gasteiger partial charge in [0.2, 0.25) is 5.17 Å². The second-order valence-corrected chi connectivity index (χ2v) is 7.25. The number of hydrogen-bond acceptors (Lipinski definition) is 5. The molecule has 3 heterocycles. The Morgan fingerprint density at radius 2 is 2.12 bits per heavy atom. The maximum absolute atomic E-state index is 12.3. The van der Waals surface area contributed by atoms with Gasteiger partial charge in [0.1, 0.15) is 5.04 Å². The quantitative estimate of drug-likeness (QED) is 0.838. The second kappa shape index (κ2) is 5.85. The molecule has 1 amide bonds. The highest BCUT2D eigenvalue weighted by Gasteiger charge is 2.36. The van der Waals surface area contributed by atoms with E-state index in [0.717, 1.165) is 21.0 Å². The molecule has 0 saturated heterocycles. The van der Waals surface area contributed by atoms with Crippen molar-refractivity contribution in [1.82, 2.24) is 5.01 Å². The first kappa shape index (κ1) is 15.0. The van der Waals surface area contributed by atoms with Crippen molar-refractivity contribution in [2.75, 3.05) is 0 Å². The van der Waals surface area contributed by atoms with Crippen molar-refractivity contribution in [1.29, 1.82) is 5.41 Å². The van der Waals surface area contributed by atoms with Crippen LogP contribution in [0, 0.1) is 12.3 Å². The number of thioether (sulfide) groups is 1. The fourth-order valence-corrected chi connectivity index (χ4v) is 3.95. The van der Waals surface area contributed by atoms with E-state index in [1.54, 1.807) is 6.08 Å². The summed E-state index contributed by atoms with van der Waals surface area (Å²) in [7, 11) is 0. The van der Waals surface area contributed by atoms with Crippen LogP contribution in [0.5, 0.6) is 0 Å². The zero-order chi connectivity index (χ0) is 16.7. The van der Waals surface area contributed by atoms with Crippen LogP contribution in [-0.4, -0.2) is 27.0 Å². The Bertz CT molecular complexity index is 941. The van der Waals surface area contributed by atoms with Gasteiger partial charge in [0.25, 0.3) is 5.91 Å². The summed E-state index contributed by atoms with van der Waals surface area (Å²) in [5.41, 5.74) is 2.35. The zero-order valence-electron chi connectivity index (χ0n) is 12.7. The summed E-state index contributed by atoms with van der Waals surface area (Å²) in [5.74, 6) is -0.332. The fourth-order valence-electron chi connectivity index (χ4n) is 2.40. The van der Waals surface area contributed by atoms with Gasteiger partial charge in [0.05, 0.1) is 5.57 Å². The number of nitrogens with one attached hydrogen (secondary N) is 1. The molecule has 2 aliphatic heterocycles. The number of aryl methyl sites for hydroxylation is 1. The Morgan fingerprint density at radius 1 is 1.25 bits per heavy atom. The van der Waals surface area contributed by atoms with Crippen LogP contribution in [0.25, 0.3) is 6.08 Å². The Morgan fingerprint density at radius 3 is 2.88 bits per heavy atom. The minimum absolute atomic E-state index is 0.0635. The number of hydrogen-bond donors (Lipinski definition) is 1. The monoisotopic (exact) mass is 352 g/mol. The Labute approximate surface area is 146 Å². The molecule has 7 heteroatoms. The van der Waals surface area contributed by atoms with Gasteiger partial charge in [-0.2, -0.15) is 15.1 Å². The summed E-state index contributed by atoms with van der Waals surface area (Å²) in [6.07, 6.45) is 1.69. The number of amides is 1. The molecule has 0 unspecified atom stereocenters. The van der Waals surface area contributed by atoms with Gasteiger partial charge in [-0.25, -0.2) is 0 Å². The summed E-state index contributed by atoms with van der Waals surface area (Å²) < 4.78 is 0. The van der Waals surface area contributed by atoms with E-state index in [1.165, 1.54) is 28.1 Å². The molecule has 118 valence electrons. The summed E-state index contributed by atoms with van der Waals surface area (Å²) in [6, 6.07) is 11.8. The van der Waals surface area contributed by atoms with E-state index in [0.29, 0.717) is 5.17 Å². The molecule has 24 heavy (non-hydrogen) atoms. The number of carbonyl (C=O) groups excluding carboxylic acids is 1. The molecular weight excluding hydrogens is 340 g/mol. The number of amidine groups is 2. The number of aliphatic imine (C=N–C) groups is 1. The first-order valence-corrected chi connectivity index (χ1v) is 8.92. The second-order valence-electron chi connectivity index (χ2n) is 5.31. The molecule has 0 spiro atoms. The van der Waals surface area contributed by atoms with Gasteiger partial charge in [-0.05, 0) is 42.3 Å². The molecule has 5 nitrogen and oxygen atoms in total. The predicted octanol–water partition coefficient (Wildman–Crippen LogP) is 3.72. The van der Waals surface area contributed by atoms with Gasteiger partial charge in [-0.15, -0.1) is 11.3 Å². The number of thiophene rings is 1. The lowest BCUT2D eigenvalue weighted by molar-refractivity contribution is -0.114. The van der Waals surface area contributed by atoms with Crippen LogP contribution in [0.1, 0.15) is 16.0 Å². The zero-order valence-corrected chi connectivity index (χ0v) is 14.3. The lowest BCUT2D eigenvalue weighted by Gasteiger charge is -2.19. The molecule has 1 aromatic carbocycles. The number of hydrazone groups is 1. The minimum Gasteiger partial charge on any atom is -0.282 e. The van der Waals surface area contributed by atoms with E-state index in [2.05, 4.69) is 10.1 Å². The van der Waals surface area contributed by atoms with Crippen LogP contribution in [0.3, 0.4) is 0 Å². The van der Waals surface area contributed by atoms with Gasteiger partial charge in [0, 0.05) is 10.4 Å². The normalized spacial score (nSPS) is 18.7. The number of fused-ring (bicyclic) bond motifs is 1. The third-order valence-electron chi connectivity index (χ3n) is 3.55. The maximum atomic E-state index is 12.3. The minimum atomic E-state index is -0.396. The first-order valence-electron chi connectivity index (χ1n) is 7.22. The fraction of sp³-hybridized carbons (Fsp3) is 0.0588. The van der Waals surface area contributed by atoms with Gasteiger partial charge in [-0.1, -0.05) is 29.8 Å². The van der Waals surface area contributed by atoms with Crippen molar-refractivity contribution >= 4 is 51.1 Å². The van der Waals surface area contributed by atoms with Crippen LogP contribution < -0.4 is 0 Å². The molecule has 0 fully saturated rings. The molecule has 0 bridgehead atoms. The van der Waals surface area contributed by atoms with Crippen molar-refractivity contribution in [2.45, 2.75) is 6.92 Å². The topological polar surface area (TPSA) is 68.9 Å². The molecule has 0 saturated carbocycles. The molecule has 0 radical (unpaired) electrons. The smallest absolute Gasteiger partial charge is 0.282 e. The van der Waals surface area contributed by atoms with Gasteiger partial charge < -0.3 is 0 Å². The van der Waals surface area contributed by atoms with Gasteiger partial charge >= 0.3 is 0 Å². The summed E-state index contributed by atoms with van der Waals surface area (Å²) >= 11 is 2.83. The van der Waals surface area contributed by atoms with Crippen molar-refractivity contribution in [3.05, 3.63) is 63.4 Å². The van der Waals surface area contributed by atoms with Crippen molar-refractivity contribution in [2.24, 2.45) is 10.1 Å². The van der Waals surface area contributed by atoms with E-state index in [9.17, 15) is 4.79 Å². The molecule has 1 N–H and O–H groups in total. The van der Waals surface area contributed by atoms with E-state index in [-0.39, 0.29) is 11.4 Å². The molecular formula is C17H12N4OS2. The number of carbonyl (C=O) groups is 1. The third-order valence-corrected chi connectivity index (χ3v) is 5.33. The SMILES string of the molecule is Cc1cccc(C2=NN3C(=N)/C(=C\c4cccs4)C(=O)N=C3S2)c1. The Kier molecular flexibility index (Phi) is 3.66. The Balaban J connectivity index is 1.71. The maximum Gasteiger partial charge on any atom is 0.283 e. The molecule has 1 aromatic heterocycles. The van der Waals surface area contributed by atoms with E-state index in [4.69, 9.17) is 5.41 Å². The van der Waals surface area contributed by atoms with Gasteiger partial charge in [-0.3, -0.25) is 10.2 Å². The van der Waals surface area contributed by atoms with Crippen LogP contribution in [-0.2, 0) is 4.79 Å². The lowest BCUT2D eigenvalue weighted by Crippen LogP contribution is -2.35. The van der Waals surface area contributed by atoms with Crippen LogP contribution in [0.4, 0.5) is 0 Å². The summed E-state index contributed by atoms with van der Waals surface area (Å²) in [5, 5.41) is 17.4.